The summed E-state index contributed by atoms with van der Waals surface area (Å²) in [6, 6.07) is 13.0. The second-order valence-corrected chi connectivity index (χ2v) is 8.26. The topological polar surface area (TPSA) is 73.7 Å². The zero-order valence-corrected chi connectivity index (χ0v) is 17.7. The third kappa shape index (κ3) is 3.94. The number of aromatic nitrogens is 2. The molecule has 0 radical (unpaired) electrons. The third-order valence-corrected chi connectivity index (χ3v) is 5.99. The lowest BCUT2D eigenvalue weighted by atomic mass is 10.2. The normalized spacial score (nSPS) is 12.7. The van der Waals surface area contributed by atoms with Crippen molar-refractivity contribution < 1.29 is 18.7 Å². The average Bonchev–Trinajstić information content (AvgIpc) is 3.32. The van der Waals surface area contributed by atoms with Gasteiger partial charge in [0.05, 0.1) is 23.8 Å². The first-order valence-corrected chi connectivity index (χ1v) is 10.8. The first-order chi connectivity index (χ1) is 15.6. The molecule has 5 rings (SSSR count). The molecule has 2 aromatic heterocycles. The Labute approximate surface area is 186 Å². The number of carbonyl (C=O) groups excluding carboxylic acids is 1. The number of hydrogen-bond acceptors (Lipinski definition) is 6. The van der Waals surface area contributed by atoms with Gasteiger partial charge in [-0.1, -0.05) is 6.07 Å². The fourth-order valence-corrected chi connectivity index (χ4v) is 4.25. The molecule has 2 aromatic carbocycles. The molecular formula is C23H18FN3O4S. The van der Waals surface area contributed by atoms with Crippen molar-refractivity contribution in [1.29, 1.82) is 0 Å². The van der Waals surface area contributed by atoms with E-state index < -0.39 is 11.4 Å². The molecule has 162 valence electrons. The molecule has 32 heavy (non-hydrogen) atoms. The van der Waals surface area contributed by atoms with Crippen LogP contribution in [0.2, 0.25) is 0 Å². The quantitative estimate of drug-likeness (QED) is 0.464. The van der Waals surface area contributed by atoms with E-state index in [0.29, 0.717) is 36.9 Å². The van der Waals surface area contributed by atoms with Crippen molar-refractivity contribution in [2.45, 2.75) is 13.1 Å². The van der Waals surface area contributed by atoms with E-state index in [9.17, 15) is 14.0 Å². The molecule has 0 atom stereocenters. The van der Waals surface area contributed by atoms with E-state index in [4.69, 9.17) is 9.47 Å². The van der Waals surface area contributed by atoms with Gasteiger partial charge in [0.1, 0.15) is 25.6 Å². The molecular weight excluding hydrogens is 433 g/mol. The maximum Gasteiger partial charge on any atom is 0.261 e. The minimum Gasteiger partial charge on any atom is -0.486 e. The predicted molar refractivity (Wildman–Crippen MR) is 119 cm³/mol. The Hall–Kier alpha value is -3.72. The predicted octanol–water partition coefficient (Wildman–Crippen LogP) is 3.60. The lowest BCUT2D eigenvalue weighted by Crippen LogP contribution is -2.36. The second-order valence-electron chi connectivity index (χ2n) is 7.23. The molecule has 0 N–H and O–H groups in total. The highest BCUT2D eigenvalue weighted by atomic mass is 32.1. The molecule has 3 heterocycles. The van der Waals surface area contributed by atoms with Gasteiger partial charge in [0, 0.05) is 22.7 Å². The lowest BCUT2D eigenvalue weighted by molar-refractivity contribution is -0.119. The highest BCUT2D eigenvalue weighted by Gasteiger charge is 2.21. The number of rotatable bonds is 5. The van der Waals surface area contributed by atoms with Crippen molar-refractivity contribution in [2.75, 3.05) is 18.1 Å². The summed E-state index contributed by atoms with van der Waals surface area (Å²) in [5, 5.41) is 2.20. The monoisotopic (exact) mass is 451 g/mol. The van der Waals surface area contributed by atoms with Gasteiger partial charge in [0.2, 0.25) is 5.91 Å². The molecule has 1 amide bonds. The van der Waals surface area contributed by atoms with Gasteiger partial charge in [-0.3, -0.25) is 14.2 Å². The van der Waals surface area contributed by atoms with Crippen LogP contribution in [0.4, 0.5) is 10.1 Å². The standard InChI is InChI=1S/C23H18FN3O4S/c24-15-3-5-18-19(10-15)25-14-26(23(18)29)13-22(28)27(12-17-2-1-9-32-17)16-4-6-20-21(11-16)31-8-7-30-20/h1-6,9-11,14H,7-8,12-13H2. The largest absolute Gasteiger partial charge is 0.486 e. The molecule has 1 aliphatic rings. The van der Waals surface area contributed by atoms with Crippen LogP contribution in [0, 0.1) is 5.82 Å². The highest BCUT2D eigenvalue weighted by Crippen LogP contribution is 2.34. The fourth-order valence-electron chi connectivity index (χ4n) is 3.56. The number of thiophene rings is 1. The van der Waals surface area contributed by atoms with Crippen molar-refractivity contribution >= 4 is 33.8 Å². The first-order valence-electron chi connectivity index (χ1n) is 9.95. The Balaban J connectivity index is 1.48. The van der Waals surface area contributed by atoms with Gasteiger partial charge < -0.3 is 14.4 Å². The lowest BCUT2D eigenvalue weighted by Gasteiger charge is -2.25. The van der Waals surface area contributed by atoms with Gasteiger partial charge in [0.25, 0.3) is 5.56 Å². The average molecular weight is 451 g/mol. The van der Waals surface area contributed by atoms with Crippen LogP contribution < -0.4 is 19.9 Å². The number of fused-ring (bicyclic) bond motifs is 2. The van der Waals surface area contributed by atoms with E-state index >= 15 is 0 Å². The summed E-state index contributed by atoms with van der Waals surface area (Å²) in [5.41, 5.74) is 0.485. The van der Waals surface area contributed by atoms with Crippen LogP contribution in [0.15, 0.2) is 65.0 Å². The van der Waals surface area contributed by atoms with Gasteiger partial charge in [0.15, 0.2) is 11.5 Å². The van der Waals surface area contributed by atoms with E-state index in [1.54, 1.807) is 23.1 Å². The number of hydrogen-bond donors (Lipinski definition) is 0. The summed E-state index contributed by atoms with van der Waals surface area (Å²) < 4.78 is 25.9. The van der Waals surface area contributed by atoms with E-state index in [2.05, 4.69) is 4.98 Å². The molecule has 0 bridgehead atoms. The Morgan fingerprint density at radius 3 is 2.78 bits per heavy atom. The summed E-state index contributed by atoms with van der Waals surface area (Å²) in [5.74, 6) is 0.439. The number of ether oxygens (including phenoxy) is 2. The van der Waals surface area contributed by atoms with E-state index in [1.165, 1.54) is 40.4 Å². The van der Waals surface area contributed by atoms with Gasteiger partial charge in [-0.15, -0.1) is 11.3 Å². The Morgan fingerprint density at radius 2 is 1.97 bits per heavy atom. The van der Waals surface area contributed by atoms with Crippen molar-refractivity contribution in [3.63, 3.8) is 0 Å². The Kier molecular flexibility index (Phi) is 5.32. The number of benzene rings is 2. The Morgan fingerprint density at radius 1 is 1.12 bits per heavy atom. The van der Waals surface area contributed by atoms with Crippen molar-refractivity contribution in [3.05, 3.63) is 81.3 Å². The Bertz CT molecular complexity index is 1350. The molecule has 4 aromatic rings. The van der Waals surface area contributed by atoms with E-state index in [-0.39, 0.29) is 23.4 Å². The minimum absolute atomic E-state index is 0.209. The summed E-state index contributed by atoms with van der Waals surface area (Å²) in [7, 11) is 0. The van der Waals surface area contributed by atoms with Crippen LogP contribution in [-0.2, 0) is 17.9 Å². The fraction of sp³-hybridized carbons (Fsp3) is 0.174. The van der Waals surface area contributed by atoms with Gasteiger partial charge in [-0.25, -0.2) is 9.37 Å². The van der Waals surface area contributed by atoms with Gasteiger partial charge in [-0.2, -0.15) is 0 Å². The number of nitrogens with zero attached hydrogens (tertiary/aromatic N) is 3. The summed E-state index contributed by atoms with van der Waals surface area (Å²) >= 11 is 1.54. The van der Waals surface area contributed by atoms with Crippen molar-refractivity contribution in [3.8, 4) is 11.5 Å². The summed E-state index contributed by atoms with van der Waals surface area (Å²) in [4.78, 5) is 32.9. The number of amides is 1. The summed E-state index contributed by atoms with van der Waals surface area (Å²) in [6.45, 7) is 1.05. The van der Waals surface area contributed by atoms with Gasteiger partial charge in [-0.05, 0) is 35.7 Å². The zero-order chi connectivity index (χ0) is 22.1. The molecule has 0 fully saturated rings. The number of halogens is 1. The van der Waals surface area contributed by atoms with Crippen LogP contribution in [0.5, 0.6) is 11.5 Å². The molecule has 9 heteroatoms. The van der Waals surface area contributed by atoms with Gasteiger partial charge >= 0.3 is 0 Å². The van der Waals surface area contributed by atoms with E-state index in [1.807, 2.05) is 17.5 Å². The summed E-state index contributed by atoms with van der Waals surface area (Å²) in [6.07, 6.45) is 1.27. The van der Waals surface area contributed by atoms with Crippen LogP contribution in [-0.4, -0.2) is 28.7 Å². The highest BCUT2D eigenvalue weighted by molar-refractivity contribution is 7.09. The molecule has 0 unspecified atom stereocenters. The molecule has 1 aliphatic heterocycles. The van der Waals surface area contributed by atoms with Crippen LogP contribution in [0.1, 0.15) is 4.88 Å². The molecule has 0 spiro atoms. The molecule has 7 nitrogen and oxygen atoms in total. The maximum atomic E-state index is 13.4. The van der Waals surface area contributed by atoms with Crippen LogP contribution in [0.25, 0.3) is 10.9 Å². The first kappa shape index (κ1) is 20.2. The minimum atomic E-state index is -0.473. The van der Waals surface area contributed by atoms with Crippen molar-refractivity contribution in [2.24, 2.45) is 0 Å². The molecule has 0 saturated carbocycles. The van der Waals surface area contributed by atoms with Crippen molar-refractivity contribution in [1.82, 2.24) is 9.55 Å². The molecule has 0 aliphatic carbocycles. The maximum absolute atomic E-state index is 13.4. The zero-order valence-electron chi connectivity index (χ0n) is 16.9. The number of anilines is 1. The van der Waals surface area contributed by atoms with E-state index in [0.717, 1.165) is 4.88 Å². The SMILES string of the molecule is O=C(Cn1cnc2cc(F)ccc2c1=O)N(Cc1cccs1)c1ccc2c(c1)OCCO2. The van der Waals surface area contributed by atoms with Crippen LogP contribution in [0.3, 0.4) is 0 Å². The number of carbonyl (C=O) groups is 1. The van der Waals surface area contributed by atoms with Crippen LogP contribution >= 0.6 is 11.3 Å². The molecule has 0 saturated heterocycles. The smallest absolute Gasteiger partial charge is 0.261 e. The second kappa shape index (κ2) is 8.43. The third-order valence-electron chi connectivity index (χ3n) is 5.13.